The van der Waals surface area contributed by atoms with E-state index in [0.29, 0.717) is 5.92 Å². The Morgan fingerprint density at radius 1 is 1.21 bits per heavy atom. The molecule has 0 saturated carbocycles. The zero-order valence-electron chi connectivity index (χ0n) is 17.0. The third kappa shape index (κ3) is 3.14. The van der Waals surface area contributed by atoms with Crippen molar-refractivity contribution in [3.05, 3.63) is 65.0 Å². The number of piperidine rings is 1. The minimum Gasteiger partial charge on any atom is -0.386 e. The number of imidazole rings is 1. The van der Waals surface area contributed by atoms with Gasteiger partial charge in [0, 0.05) is 24.1 Å². The molecule has 5 heteroatoms. The van der Waals surface area contributed by atoms with Crippen LogP contribution in [0, 0.1) is 0 Å². The number of benzene rings is 2. The molecule has 1 saturated heterocycles. The van der Waals surface area contributed by atoms with Gasteiger partial charge >= 0.3 is 0 Å². The second-order valence-corrected chi connectivity index (χ2v) is 8.96. The maximum Gasteiger partial charge on any atom is 0.254 e. The number of H-pyrrole nitrogens is 1. The van der Waals surface area contributed by atoms with Crippen LogP contribution in [0.2, 0.25) is 0 Å². The van der Waals surface area contributed by atoms with Crippen molar-refractivity contribution < 1.29 is 9.90 Å². The number of carbonyl (C=O) groups is 1. The maximum atomic E-state index is 13.4. The highest BCUT2D eigenvalue weighted by molar-refractivity contribution is 5.97. The Balaban J connectivity index is 1.45. The van der Waals surface area contributed by atoms with E-state index < -0.39 is 5.60 Å². The molecule has 2 heterocycles. The molecule has 0 radical (unpaired) electrons. The van der Waals surface area contributed by atoms with Gasteiger partial charge in [-0.2, -0.15) is 0 Å². The number of carbonyl (C=O) groups excluding carboxylic acids is 1. The first kappa shape index (κ1) is 18.4. The molecule has 1 amide bonds. The number of rotatable bonds is 2. The van der Waals surface area contributed by atoms with E-state index >= 15 is 0 Å². The Kier molecular flexibility index (Phi) is 4.24. The zero-order valence-corrected chi connectivity index (χ0v) is 17.0. The predicted molar refractivity (Wildman–Crippen MR) is 113 cm³/mol. The van der Waals surface area contributed by atoms with E-state index in [9.17, 15) is 9.90 Å². The Morgan fingerprint density at radius 2 is 2.07 bits per heavy atom. The van der Waals surface area contributed by atoms with Gasteiger partial charge in [0.1, 0.15) is 0 Å². The maximum absolute atomic E-state index is 13.4. The summed E-state index contributed by atoms with van der Waals surface area (Å²) < 4.78 is 0. The van der Waals surface area contributed by atoms with Crippen LogP contribution in [0.3, 0.4) is 0 Å². The summed E-state index contributed by atoms with van der Waals surface area (Å²) in [5.74, 6) is 0.496. The van der Waals surface area contributed by atoms with Crippen molar-refractivity contribution in [1.82, 2.24) is 14.9 Å². The van der Waals surface area contributed by atoms with Gasteiger partial charge in [-0.1, -0.05) is 18.2 Å². The van der Waals surface area contributed by atoms with E-state index in [-0.39, 0.29) is 11.9 Å². The van der Waals surface area contributed by atoms with E-state index in [1.54, 1.807) is 6.33 Å². The molecule has 2 aromatic carbocycles. The van der Waals surface area contributed by atoms with Crippen LogP contribution in [0.25, 0.3) is 11.0 Å². The Labute approximate surface area is 170 Å². The van der Waals surface area contributed by atoms with Crippen molar-refractivity contribution in [3.63, 3.8) is 0 Å². The fourth-order valence-corrected chi connectivity index (χ4v) is 5.13. The van der Waals surface area contributed by atoms with E-state index in [1.165, 1.54) is 11.1 Å². The predicted octanol–water partition coefficient (Wildman–Crippen LogP) is 4.12. The average Bonchev–Trinajstić information content (AvgIpc) is 3.19. The summed E-state index contributed by atoms with van der Waals surface area (Å²) in [6, 6.07) is 12.4. The lowest BCUT2D eigenvalue weighted by molar-refractivity contribution is 0.0546. The molecule has 1 aliphatic heterocycles. The molecular formula is C24H27N3O2. The van der Waals surface area contributed by atoms with E-state index in [4.69, 9.17) is 0 Å². The van der Waals surface area contributed by atoms with Crippen molar-refractivity contribution in [2.24, 2.45) is 0 Å². The second kappa shape index (κ2) is 6.70. The van der Waals surface area contributed by atoms with Gasteiger partial charge in [0.25, 0.3) is 5.91 Å². The van der Waals surface area contributed by atoms with Crippen molar-refractivity contribution in [1.29, 1.82) is 0 Å². The van der Waals surface area contributed by atoms with Gasteiger partial charge in [-0.3, -0.25) is 4.79 Å². The summed E-state index contributed by atoms with van der Waals surface area (Å²) in [7, 11) is 0. The highest BCUT2D eigenvalue weighted by atomic mass is 16.3. The van der Waals surface area contributed by atoms with Gasteiger partial charge in [0.05, 0.1) is 23.0 Å². The van der Waals surface area contributed by atoms with Crippen molar-refractivity contribution >= 4 is 16.9 Å². The van der Waals surface area contributed by atoms with Gasteiger partial charge in [0.15, 0.2) is 0 Å². The van der Waals surface area contributed by atoms with Crippen LogP contribution >= 0.6 is 0 Å². The molecule has 1 aliphatic carbocycles. The van der Waals surface area contributed by atoms with Gasteiger partial charge in [-0.25, -0.2) is 4.98 Å². The summed E-state index contributed by atoms with van der Waals surface area (Å²) in [6.45, 7) is 4.48. The number of nitrogens with zero attached hydrogens (tertiary/aromatic N) is 2. The smallest absolute Gasteiger partial charge is 0.254 e. The summed E-state index contributed by atoms with van der Waals surface area (Å²) >= 11 is 0. The van der Waals surface area contributed by atoms with Crippen molar-refractivity contribution in [2.75, 3.05) is 6.54 Å². The van der Waals surface area contributed by atoms with Crippen LogP contribution in [-0.2, 0) is 12.0 Å². The van der Waals surface area contributed by atoms with Crippen LogP contribution in [0.15, 0.2) is 42.7 Å². The lowest BCUT2D eigenvalue weighted by Crippen LogP contribution is -2.49. The Bertz CT molecular complexity index is 1080. The number of likely N-dealkylation sites (tertiary alicyclic amines) is 1. The highest BCUT2D eigenvalue weighted by Gasteiger charge is 2.39. The molecule has 0 bridgehead atoms. The summed E-state index contributed by atoms with van der Waals surface area (Å²) in [5.41, 5.74) is 5.34. The van der Waals surface area contributed by atoms with Crippen LogP contribution in [0.5, 0.6) is 0 Å². The molecular weight excluding hydrogens is 362 g/mol. The van der Waals surface area contributed by atoms with Crippen LogP contribution in [0.1, 0.15) is 66.1 Å². The summed E-state index contributed by atoms with van der Waals surface area (Å²) in [4.78, 5) is 22.8. The summed E-state index contributed by atoms with van der Waals surface area (Å²) in [5, 5.41) is 10.4. The van der Waals surface area contributed by atoms with Gasteiger partial charge in [0.2, 0.25) is 0 Å². The molecule has 0 spiro atoms. The Hall–Kier alpha value is -2.66. The number of aliphatic hydroxyl groups is 1. The fraction of sp³-hybridized carbons (Fsp3) is 0.417. The normalized spacial score (nSPS) is 21.7. The SMILES string of the molecule is CC(C)(O)c1ccc2c(c1)CC[C@H]1[C@@H]2CCCN1C(=O)c1ccc2nc[nH]c2c1. The lowest BCUT2D eigenvalue weighted by Gasteiger charge is -2.45. The van der Waals surface area contributed by atoms with Crippen LogP contribution in [0.4, 0.5) is 0 Å². The molecule has 3 aromatic rings. The molecule has 0 unspecified atom stereocenters. The molecule has 150 valence electrons. The second-order valence-electron chi connectivity index (χ2n) is 8.96. The van der Waals surface area contributed by atoms with Gasteiger partial charge in [-0.05, 0) is 74.4 Å². The zero-order chi connectivity index (χ0) is 20.2. The molecule has 2 aliphatic rings. The highest BCUT2D eigenvalue weighted by Crippen LogP contribution is 2.42. The largest absolute Gasteiger partial charge is 0.386 e. The third-order valence-electron chi connectivity index (χ3n) is 6.67. The van der Waals surface area contributed by atoms with Crippen LogP contribution < -0.4 is 0 Å². The van der Waals surface area contributed by atoms with Crippen LogP contribution in [-0.4, -0.2) is 38.5 Å². The van der Waals surface area contributed by atoms with E-state index in [1.807, 2.05) is 38.1 Å². The first-order chi connectivity index (χ1) is 13.9. The van der Waals surface area contributed by atoms with Gasteiger partial charge < -0.3 is 15.0 Å². The minimum absolute atomic E-state index is 0.118. The number of amides is 1. The number of hydrogen-bond donors (Lipinski definition) is 2. The quantitative estimate of drug-likeness (QED) is 0.693. The molecule has 2 atom stereocenters. The Morgan fingerprint density at radius 3 is 2.90 bits per heavy atom. The van der Waals surface area contributed by atoms with Crippen molar-refractivity contribution in [3.8, 4) is 0 Å². The topological polar surface area (TPSA) is 69.2 Å². The first-order valence-electron chi connectivity index (χ1n) is 10.5. The molecule has 1 fully saturated rings. The number of aryl methyl sites for hydroxylation is 1. The number of hydrogen-bond acceptors (Lipinski definition) is 3. The first-order valence-corrected chi connectivity index (χ1v) is 10.5. The molecule has 1 aromatic heterocycles. The lowest BCUT2D eigenvalue weighted by atomic mass is 9.73. The molecule has 5 rings (SSSR count). The number of aromatic nitrogens is 2. The molecule has 5 nitrogen and oxygen atoms in total. The summed E-state index contributed by atoms with van der Waals surface area (Å²) in [6.07, 6.45) is 5.72. The van der Waals surface area contributed by atoms with E-state index in [2.05, 4.69) is 27.0 Å². The molecule has 2 N–H and O–H groups in total. The van der Waals surface area contributed by atoms with Crippen molar-refractivity contribution in [2.45, 2.75) is 57.1 Å². The van der Waals surface area contributed by atoms with E-state index in [0.717, 1.165) is 54.4 Å². The van der Waals surface area contributed by atoms with Gasteiger partial charge in [-0.15, -0.1) is 0 Å². The number of fused-ring (bicyclic) bond motifs is 4. The average molecular weight is 389 g/mol. The standard InChI is InChI=1S/C24H27N3O2/c1-24(2,29)17-7-8-18-15(12-17)6-10-22-19(18)4-3-11-27(22)23(28)16-5-9-20-21(13-16)26-14-25-20/h5,7-9,12-14,19,22,29H,3-4,6,10-11H2,1-2H3,(H,25,26)/t19-,22+/m1/s1. The number of aromatic amines is 1. The monoisotopic (exact) mass is 389 g/mol. The fourth-order valence-electron chi connectivity index (χ4n) is 5.13. The minimum atomic E-state index is -0.828. The number of nitrogens with one attached hydrogen (secondary N) is 1. The molecule has 29 heavy (non-hydrogen) atoms. The third-order valence-corrected chi connectivity index (χ3v) is 6.67.